The molecule has 0 unspecified atom stereocenters. The molecule has 1 fully saturated rings. The van der Waals surface area contributed by atoms with Crippen molar-refractivity contribution in [2.45, 2.75) is 25.8 Å². The molecule has 1 aromatic heterocycles. The van der Waals surface area contributed by atoms with E-state index in [1.54, 1.807) is 20.4 Å². The van der Waals surface area contributed by atoms with E-state index in [0.717, 1.165) is 63.8 Å². The molecule has 8 nitrogen and oxygen atoms in total. The van der Waals surface area contributed by atoms with E-state index in [4.69, 9.17) is 18.9 Å². The number of pyridine rings is 1. The predicted octanol–water partition coefficient (Wildman–Crippen LogP) is 1.61. The van der Waals surface area contributed by atoms with Gasteiger partial charge in [-0.25, -0.2) is 4.98 Å². The van der Waals surface area contributed by atoms with Gasteiger partial charge in [-0.05, 0) is 31.2 Å². The summed E-state index contributed by atoms with van der Waals surface area (Å²) in [5.74, 6) is 2.01. The molecule has 0 spiro atoms. The Kier molecular flexibility index (Phi) is 11.3. The molecule has 0 aliphatic carbocycles. The highest BCUT2D eigenvalue weighted by Crippen LogP contribution is 2.15. The molecule has 1 aliphatic rings. The second-order valence-electron chi connectivity index (χ2n) is 6.65. The number of ether oxygens (including phenoxy) is 4. The van der Waals surface area contributed by atoms with Crippen molar-refractivity contribution < 1.29 is 18.9 Å². The van der Waals surface area contributed by atoms with Crippen LogP contribution in [0.5, 0.6) is 5.88 Å². The Balaban J connectivity index is 1.61. The molecular formula is C20H34N4O4. The van der Waals surface area contributed by atoms with Crippen LogP contribution in [0.3, 0.4) is 0 Å². The number of nitrogens with one attached hydrogen (secondary N) is 2. The summed E-state index contributed by atoms with van der Waals surface area (Å²) in [6.45, 7) is 5.71. The fourth-order valence-electron chi connectivity index (χ4n) is 2.85. The average molecular weight is 395 g/mol. The lowest BCUT2D eigenvalue weighted by atomic mass is 10.0. The maximum atomic E-state index is 5.79. The molecular weight excluding hydrogens is 360 g/mol. The summed E-state index contributed by atoms with van der Waals surface area (Å²) < 4.78 is 21.8. The van der Waals surface area contributed by atoms with E-state index in [1.165, 1.54) is 0 Å². The highest BCUT2D eigenvalue weighted by atomic mass is 16.5. The first kappa shape index (κ1) is 22.4. The highest BCUT2D eigenvalue weighted by molar-refractivity contribution is 5.79. The van der Waals surface area contributed by atoms with Gasteiger partial charge in [0.1, 0.15) is 6.61 Å². The van der Waals surface area contributed by atoms with Gasteiger partial charge in [0, 0.05) is 65.4 Å². The van der Waals surface area contributed by atoms with E-state index in [2.05, 4.69) is 20.6 Å². The van der Waals surface area contributed by atoms with E-state index < -0.39 is 0 Å². The Morgan fingerprint density at radius 1 is 1.25 bits per heavy atom. The molecule has 1 saturated heterocycles. The normalized spacial score (nSPS) is 15.4. The third-order valence-corrected chi connectivity index (χ3v) is 4.50. The number of nitrogens with zero attached hydrogens (tertiary/aromatic N) is 2. The van der Waals surface area contributed by atoms with Crippen molar-refractivity contribution in [3.05, 3.63) is 23.9 Å². The molecule has 8 heteroatoms. The first-order chi connectivity index (χ1) is 13.8. The maximum Gasteiger partial charge on any atom is 0.218 e. The summed E-state index contributed by atoms with van der Waals surface area (Å²) >= 11 is 0. The minimum atomic E-state index is 0.474. The van der Waals surface area contributed by atoms with E-state index in [-0.39, 0.29) is 0 Å². The molecule has 0 amide bonds. The molecule has 0 aromatic carbocycles. The third-order valence-electron chi connectivity index (χ3n) is 4.50. The standard InChI is InChI=1S/C20H34N4O4/c1-21-20(23-9-4-10-27-16-17-6-11-26-12-7-17)24-15-18-5-3-8-22-19(18)28-14-13-25-2/h3,5,8,17H,4,6-7,9-16H2,1-2H3,(H2,21,23,24). The van der Waals surface area contributed by atoms with Crippen molar-refractivity contribution in [1.82, 2.24) is 15.6 Å². The first-order valence-corrected chi connectivity index (χ1v) is 9.99. The summed E-state index contributed by atoms with van der Waals surface area (Å²) in [5.41, 5.74) is 0.973. The van der Waals surface area contributed by atoms with Crippen LogP contribution < -0.4 is 15.4 Å². The second-order valence-corrected chi connectivity index (χ2v) is 6.65. The van der Waals surface area contributed by atoms with Crippen molar-refractivity contribution in [3.63, 3.8) is 0 Å². The first-order valence-electron chi connectivity index (χ1n) is 9.99. The molecule has 2 rings (SSSR count). The van der Waals surface area contributed by atoms with Crippen LogP contribution >= 0.6 is 0 Å². The number of rotatable bonds is 12. The van der Waals surface area contributed by atoms with Crippen LogP contribution in [-0.2, 0) is 20.8 Å². The van der Waals surface area contributed by atoms with Crippen molar-refractivity contribution in [1.29, 1.82) is 0 Å². The summed E-state index contributed by atoms with van der Waals surface area (Å²) in [6, 6.07) is 3.88. The van der Waals surface area contributed by atoms with Crippen LogP contribution in [0.25, 0.3) is 0 Å². The Bertz CT molecular complexity index is 565. The fraction of sp³-hybridized carbons (Fsp3) is 0.700. The summed E-state index contributed by atoms with van der Waals surface area (Å²) in [5, 5.41) is 6.60. The molecule has 0 radical (unpaired) electrons. The van der Waals surface area contributed by atoms with Gasteiger partial charge in [0.15, 0.2) is 5.96 Å². The van der Waals surface area contributed by atoms with Crippen molar-refractivity contribution in [2.75, 3.05) is 60.3 Å². The van der Waals surface area contributed by atoms with E-state index in [0.29, 0.717) is 31.6 Å². The highest BCUT2D eigenvalue weighted by Gasteiger charge is 2.13. The van der Waals surface area contributed by atoms with Crippen molar-refractivity contribution in [3.8, 4) is 5.88 Å². The predicted molar refractivity (Wildman–Crippen MR) is 109 cm³/mol. The maximum absolute atomic E-state index is 5.79. The van der Waals surface area contributed by atoms with E-state index in [9.17, 15) is 0 Å². The lowest BCUT2D eigenvalue weighted by Gasteiger charge is -2.21. The molecule has 2 heterocycles. The molecule has 0 bridgehead atoms. The number of guanidine groups is 1. The zero-order chi connectivity index (χ0) is 19.9. The van der Waals surface area contributed by atoms with Crippen LogP contribution in [0.2, 0.25) is 0 Å². The SMILES string of the molecule is CN=C(NCCCOCC1CCOCC1)NCc1cccnc1OCCOC. The summed E-state index contributed by atoms with van der Waals surface area (Å²) in [7, 11) is 3.41. The van der Waals surface area contributed by atoms with Crippen LogP contribution in [0, 0.1) is 5.92 Å². The van der Waals surface area contributed by atoms with Crippen LogP contribution in [-0.4, -0.2) is 71.3 Å². The lowest BCUT2D eigenvalue weighted by Crippen LogP contribution is -2.37. The molecule has 0 atom stereocenters. The molecule has 2 N–H and O–H groups in total. The largest absolute Gasteiger partial charge is 0.475 e. The van der Waals surface area contributed by atoms with Gasteiger partial charge in [0.05, 0.1) is 6.61 Å². The zero-order valence-corrected chi connectivity index (χ0v) is 17.1. The molecule has 0 saturated carbocycles. The van der Waals surface area contributed by atoms with Gasteiger partial charge in [0.2, 0.25) is 5.88 Å². The number of methoxy groups -OCH3 is 1. The van der Waals surface area contributed by atoms with Crippen LogP contribution in [0.15, 0.2) is 23.3 Å². The lowest BCUT2D eigenvalue weighted by molar-refractivity contribution is 0.0203. The number of aliphatic imine (C=N–C) groups is 1. The van der Waals surface area contributed by atoms with Gasteiger partial charge >= 0.3 is 0 Å². The molecule has 28 heavy (non-hydrogen) atoms. The quantitative estimate of drug-likeness (QED) is 0.316. The van der Waals surface area contributed by atoms with Crippen molar-refractivity contribution >= 4 is 5.96 Å². The average Bonchev–Trinajstić information content (AvgIpc) is 2.74. The number of hydrogen-bond acceptors (Lipinski definition) is 6. The van der Waals surface area contributed by atoms with Gasteiger partial charge < -0.3 is 29.6 Å². The fourth-order valence-corrected chi connectivity index (χ4v) is 2.85. The van der Waals surface area contributed by atoms with Crippen molar-refractivity contribution in [2.24, 2.45) is 10.9 Å². The summed E-state index contributed by atoms with van der Waals surface area (Å²) in [6.07, 6.45) is 4.88. The minimum Gasteiger partial charge on any atom is -0.475 e. The van der Waals surface area contributed by atoms with Gasteiger partial charge in [-0.2, -0.15) is 0 Å². The zero-order valence-electron chi connectivity index (χ0n) is 17.1. The van der Waals surface area contributed by atoms with Gasteiger partial charge in [-0.1, -0.05) is 6.07 Å². The molecule has 1 aromatic rings. The Morgan fingerprint density at radius 2 is 2.11 bits per heavy atom. The third kappa shape index (κ3) is 8.86. The van der Waals surface area contributed by atoms with E-state index >= 15 is 0 Å². The van der Waals surface area contributed by atoms with Gasteiger partial charge in [-0.3, -0.25) is 4.99 Å². The van der Waals surface area contributed by atoms with Crippen LogP contribution in [0.4, 0.5) is 0 Å². The number of hydrogen-bond donors (Lipinski definition) is 2. The monoisotopic (exact) mass is 394 g/mol. The van der Waals surface area contributed by atoms with Gasteiger partial charge in [-0.15, -0.1) is 0 Å². The topological polar surface area (TPSA) is 86.2 Å². The second kappa shape index (κ2) is 14.1. The van der Waals surface area contributed by atoms with E-state index in [1.807, 2.05) is 12.1 Å². The Labute approximate surface area is 168 Å². The molecule has 1 aliphatic heterocycles. The molecule has 158 valence electrons. The smallest absolute Gasteiger partial charge is 0.218 e. The summed E-state index contributed by atoms with van der Waals surface area (Å²) in [4.78, 5) is 8.54. The number of aromatic nitrogens is 1. The van der Waals surface area contributed by atoms with Crippen LogP contribution in [0.1, 0.15) is 24.8 Å². The Morgan fingerprint density at radius 3 is 2.89 bits per heavy atom. The minimum absolute atomic E-state index is 0.474. The Hall–Kier alpha value is -1.90. The van der Waals surface area contributed by atoms with Gasteiger partial charge in [0.25, 0.3) is 0 Å².